The molecule has 19 heavy (non-hydrogen) atoms. The number of alkyl halides is 5. The Hall–Kier alpha value is -2.04. The molecule has 6 nitrogen and oxygen atoms in total. The SMILES string of the molecule is O=[N+]([O-])c1cc(CO)nc(OC(F)(F)F)c1C(F)F. The van der Waals surface area contributed by atoms with Gasteiger partial charge in [0.05, 0.1) is 17.2 Å². The zero-order valence-corrected chi connectivity index (χ0v) is 8.82. The summed E-state index contributed by atoms with van der Waals surface area (Å²) < 4.78 is 64.5. The third-order valence-corrected chi connectivity index (χ3v) is 1.84. The Labute approximate surface area is 101 Å². The molecule has 1 rings (SSSR count). The summed E-state index contributed by atoms with van der Waals surface area (Å²) in [5.41, 5.74) is -3.51. The summed E-state index contributed by atoms with van der Waals surface area (Å²) in [6.45, 7) is -0.974. The smallest absolute Gasteiger partial charge is 0.390 e. The van der Waals surface area contributed by atoms with Gasteiger partial charge in [0, 0.05) is 6.07 Å². The molecule has 106 valence electrons. The maximum atomic E-state index is 12.6. The number of halogens is 5. The van der Waals surface area contributed by atoms with Gasteiger partial charge in [-0.05, 0) is 0 Å². The lowest BCUT2D eigenvalue weighted by Crippen LogP contribution is -2.20. The van der Waals surface area contributed by atoms with E-state index in [2.05, 4.69) is 9.72 Å². The van der Waals surface area contributed by atoms with Gasteiger partial charge >= 0.3 is 6.36 Å². The highest BCUT2D eigenvalue weighted by atomic mass is 19.4. The first-order chi connectivity index (χ1) is 8.65. The van der Waals surface area contributed by atoms with E-state index >= 15 is 0 Å². The van der Waals surface area contributed by atoms with E-state index in [9.17, 15) is 32.1 Å². The molecule has 0 saturated carbocycles. The summed E-state index contributed by atoms with van der Waals surface area (Å²) in [6, 6.07) is 0.449. The first-order valence-electron chi connectivity index (χ1n) is 4.48. The van der Waals surface area contributed by atoms with E-state index in [4.69, 9.17) is 5.11 Å². The van der Waals surface area contributed by atoms with Crippen molar-refractivity contribution in [3.05, 3.63) is 27.4 Å². The van der Waals surface area contributed by atoms with E-state index in [1.165, 1.54) is 0 Å². The molecule has 0 bridgehead atoms. The first kappa shape index (κ1) is 15.0. The molecule has 0 atom stereocenters. The maximum absolute atomic E-state index is 12.6. The predicted molar refractivity (Wildman–Crippen MR) is 48.5 cm³/mol. The zero-order valence-electron chi connectivity index (χ0n) is 8.82. The molecule has 1 heterocycles. The van der Waals surface area contributed by atoms with E-state index in [-0.39, 0.29) is 0 Å². The molecule has 0 aliphatic carbocycles. The van der Waals surface area contributed by atoms with Crippen LogP contribution in [0.5, 0.6) is 5.88 Å². The van der Waals surface area contributed by atoms with Crippen LogP contribution >= 0.6 is 0 Å². The molecule has 0 aromatic carbocycles. The van der Waals surface area contributed by atoms with E-state index in [1.54, 1.807) is 0 Å². The largest absolute Gasteiger partial charge is 0.574 e. The molecular formula is C8H5F5N2O4. The summed E-state index contributed by atoms with van der Waals surface area (Å²) in [4.78, 5) is 12.2. The maximum Gasteiger partial charge on any atom is 0.574 e. The number of nitrogens with zero attached hydrogens (tertiary/aromatic N) is 2. The molecule has 0 aliphatic heterocycles. The van der Waals surface area contributed by atoms with Crippen molar-refractivity contribution in [3.63, 3.8) is 0 Å². The minimum Gasteiger partial charge on any atom is -0.390 e. The van der Waals surface area contributed by atoms with Crippen LogP contribution in [-0.4, -0.2) is 21.4 Å². The predicted octanol–water partition coefficient (Wildman–Crippen LogP) is 2.32. The summed E-state index contributed by atoms with van der Waals surface area (Å²) in [6.07, 6.45) is -8.95. The number of aromatic nitrogens is 1. The minimum atomic E-state index is -5.35. The van der Waals surface area contributed by atoms with Gasteiger partial charge in [-0.3, -0.25) is 10.1 Å². The third-order valence-electron chi connectivity index (χ3n) is 1.84. The number of ether oxygens (including phenoxy) is 1. The quantitative estimate of drug-likeness (QED) is 0.522. The Kier molecular flexibility index (Phi) is 4.19. The van der Waals surface area contributed by atoms with Crippen molar-refractivity contribution in [2.75, 3.05) is 0 Å². The van der Waals surface area contributed by atoms with Crippen molar-refractivity contribution >= 4 is 5.69 Å². The van der Waals surface area contributed by atoms with Crippen LogP contribution < -0.4 is 4.74 Å². The molecule has 0 spiro atoms. The summed E-state index contributed by atoms with van der Waals surface area (Å²) in [5.74, 6) is -1.65. The van der Waals surface area contributed by atoms with Gasteiger partial charge in [-0.15, -0.1) is 13.2 Å². The number of hydrogen-bond donors (Lipinski definition) is 1. The molecule has 0 radical (unpaired) electrons. The number of aliphatic hydroxyl groups is 1. The van der Waals surface area contributed by atoms with Gasteiger partial charge in [0.1, 0.15) is 0 Å². The van der Waals surface area contributed by atoms with Crippen molar-refractivity contribution in [1.82, 2.24) is 4.98 Å². The van der Waals surface area contributed by atoms with Gasteiger partial charge < -0.3 is 9.84 Å². The Morgan fingerprint density at radius 3 is 2.42 bits per heavy atom. The van der Waals surface area contributed by atoms with Gasteiger partial charge in [0.15, 0.2) is 5.56 Å². The monoisotopic (exact) mass is 288 g/mol. The first-order valence-corrected chi connectivity index (χ1v) is 4.48. The van der Waals surface area contributed by atoms with Crippen LogP contribution in [0, 0.1) is 10.1 Å². The van der Waals surface area contributed by atoms with Crippen LogP contribution in [-0.2, 0) is 6.61 Å². The van der Waals surface area contributed by atoms with Crippen LogP contribution in [0.2, 0.25) is 0 Å². The van der Waals surface area contributed by atoms with Crippen molar-refractivity contribution in [2.45, 2.75) is 19.4 Å². The van der Waals surface area contributed by atoms with Gasteiger partial charge in [-0.2, -0.15) is 0 Å². The van der Waals surface area contributed by atoms with Gasteiger partial charge in [0.25, 0.3) is 12.1 Å². The number of aliphatic hydroxyl groups excluding tert-OH is 1. The van der Waals surface area contributed by atoms with E-state index in [0.29, 0.717) is 6.07 Å². The van der Waals surface area contributed by atoms with E-state index < -0.39 is 47.1 Å². The van der Waals surface area contributed by atoms with Gasteiger partial charge in [-0.1, -0.05) is 0 Å². The van der Waals surface area contributed by atoms with Crippen LogP contribution in [0.1, 0.15) is 17.7 Å². The molecule has 0 amide bonds. The van der Waals surface area contributed by atoms with Gasteiger partial charge in [-0.25, -0.2) is 13.8 Å². The highest BCUT2D eigenvalue weighted by molar-refractivity contribution is 5.48. The summed E-state index contributed by atoms with van der Waals surface area (Å²) >= 11 is 0. The molecule has 0 unspecified atom stereocenters. The Balaban J connectivity index is 3.48. The van der Waals surface area contributed by atoms with E-state index in [1.807, 2.05) is 0 Å². The number of hydrogen-bond acceptors (Lipinski definition) is 5. The molecule has 0 saturated heterocycles. The summed E-state index contributed by atoms with van der Waals surface area (Å²) in [7, 11) is 0. The molecule has 1 aromatic rings. The normalized spacial score (nSPS) is 11.7. The van der Waals surface area contributed by atoms with E-state index in [0.717, 1.165) is 0 Å². The van der Waals surface area contributed by atoms with Crippen LogP contribution in [0.3, 0.4) is 0 Å². The van der Waals surface area contributed by atoms with Crippen LogP contribution in [0.4, 0.5) is 27.6 Å². The molecule has 1 aromatic heterocycles. The number of rotatable bonds is 4. The number of pyridine rings is 1. The molecule has 0 aliphatic rings. The standard InChI is InChI=1S/C8H5F5N2O4/c9-6(10)5-4(15(17)18)1-3(2-16)14-7(5)19-8(11,12)13/h1,6,16H,2H2. The fraction of sp³-hybridized carbons (Fsp3) is 0.375. The summed E-state index contributed by atoms with van der Waals surface area (Å²) in [5, 5.41) is 19.2. The molecule has 1 N–H and O–H groups in total. The second-order valence-corrected chi connectivity index (χ2v) is 3.12. The second kappa shape index (κ2) is 5.30. The fourth-order valence-corrected chi connectivity index (χ4v) is 1.19. The van der Waals surface area contributed by atoms with Crippen LogP contribution in [0.25, 0.3) is 0 Å². The number of nitro groups is 1. The lowest BCUT2D eigenvalue weighted by atomic mass is 10.2. The topological polar surface area (TPSA) is 85.5 Å². The highest BCUT2D eigenvalue weighted by Crippen LogP contribution is 2.38. The second-order valence-electron chi connectivity index (χ2n) is 3.12. The molecule has 11 heteroatoms. The van der Waals surface area contributed by atoms with Crippen molar-refractivity contribution in [2.24, 2.45) is 0 Å². The van der Waals surface area contributed by atoms with Gasteiger partial charge in [0.2, 0.25) is 5.88 Å². The Morgan fingerprint density at radius 1 is 1.47 bits per heavy atom. The zero-order chi connectivity index (χ0) is 14.8. The molecule has 0 fully saturated rings. The lowest BCUT2D eigenvalue weighted by Gasteiger charge is -2.12. The lowest BCUT2D eigenvalue weighted by molar-refractivity contribution is -0.386. The average molecular weight is 288 g/mol. The third kappa shape index (κ3) is 3.71. The van der Waals surface area contributed by atoms with Crippen molar-refractivity contribution < 1.29 is 36.7 Å². The molecular weight excluding hydrogens is 283 g/mol. The Morgan fingerprint density at radius 2 is 2.05 bits per heavy atom. The highest BCUT2D eigenvalue weighted by Gasteiger charge is 2.37. The minimum absolute atomic E-state index is 0.449. The Bertz CT molecular complexity index is 491. The van der Waals surface area contributed by atoms with Crippen molar-refractivity contribution in [1.29, 1.82) is 0 Å². The van der Waals surface area contributed by atoms with Crippen LogP contribution in [0.15, 0.2) is 6.07 Å². The average Bonchev–Trinajstić information content (AvgIpc) is 2.24. The fourth-order valence-electron chi connectivity index (χ4n) is 1.19. The van der Waals surface area contributed by atoms with Crippen molar-refractivity contribution in [3.8, 4) is 5.88 Å².